The second-order valence-electron chi connectivity index (χ2n) is 6.94. The molecule has 30 heavy (non-hydrogen) atoms. The van der Waals surface area contributed by atoms with Crippen LogP contribution in [-0.2, 0) is 12.1 Å². The van der Waals surface area contributed by atoms with Crippen molar-refractivity contribution in [2.75, 3.05) is 5.32 Å². The number of hydrogen-bond donors (Lipinski definition) is 2. The number of nitrogens with zero attached hydrogens (tertiary/aromatic N) is 5. The molecule has 0 bridgehead atoms. The zero-order valence-electron chi connectivity index (χ0n) is 15.7. The van der Waals surface area contributed by atoms with Crippen molar-refractivity contribution in [3.05, 3.63) is 82.6 Å². The first-order valence-corrected chi connectivity index (χ1v) is 8.83. The van der Waals surface area contributed by atoms with Crippen LogP contribution in [-0.4, -0.2) is 26.5 Å². The molecule has 2 aromatic heterocycles. The highest BCUT2D eigenvalue weighted by Crippen LogP contribution is 2.35. The Kier molecular flexibility index (Phi) is 4.50. The van der Waals surface area contributed by atoms with Crippen molar-refractivity contribution in [1.29, 1.82) is 0 Å². The van der Waals surface area contributed by atoms with Crippen molar-refractivity contribution in [1.82, 2.24) is 14.8 Å². The number of halogens is 2. The van der Waals surface area contributed by atoms with Gasteiger partial charge in [0, 0.05) is 11.3 Å². The van der Waals surface area contributed by atoms with Gasteiger partial charge in [0.25, 0.3) is 11.7 Å². The van der Waals surface area contributed by atoms with E-state index in [1.54, 1.807) is 6.92 Å². The van der Waals surface area contributed by atoms with Crippen LogP contribution in [0, 0.1) is 18.2 Å². The first-order valence-electron chi connectivity index (χ1n) is 8.83. The lowest BCUT2D eigenvalue weighted by Gasteiger charge is -2.30. The molecule has 1 atom stereocenters. The van der Waals surface area contributed by atoms with Gasteiger partial charge in [-0.25, -0.2) is 13.8 Å². The molecule has 3 heterocycles. The third-order valence-electron chi connectivity index (χ3n) is 4.73. The summed E-state index contributed by atoms with van der Waals surface area (Å²) >= 11 is 0. The number of amides is 1. The Morgan fingerprint density at radius 1 is 1.30 bits per heavy atom. The zero-order valence-corrected chi connectivity index (χ0v) is 15.7. The molecule has 1 unspecified atom stereocenters. The average molecular weight is 407 g/mol. The minimum atomic E-state index is -1.11. The molecule has 3 aromatic rings. The van der Waals surface area contributed by atoms with E-state index in [2.05, 4.69) is 25.2 Å². The van der Waals surface area contributed by atoms with Crippen molar-refractivity contribution in [2.45, 2.75) is 19.0 Å². The van der Waals surface area contributed by atoms with E-state index in [0.29, 0.717) is 11.4 Å². The Morgan fingerprint density at radius 3 is 2.80 bits per heavy atom. The molecule has 10 heteroatoms. The lowest BCUT2D eigenvalue weighted by molar-refractivity contribution is 0.102. The van der Waals surface area contributed by atoms with E-state index in [9.17, 15) is 13.6 Å². The van der Waals surface area contributed by atoms with Gasteiger partial charge in [0.2, 0.25) is 0 Å². The fourth-order valence-electron chi connectivity index (χ4n) is 3.30. The summed E-state index contributed by atoms with van der Waals surface area (Å²) in [7, 11) is 0. The number of rotatable bonds is 3. The van der Waals surface area contributed by atoms with Crippen molar-refractivity contribution in [3.8, 4) is 0 Å². The van der Waals surface area contributed by atoms with Crippen LogP contribution >= 0.6 is 0 Å². The molecule has 0 fully saturated rings. The largest absolute Gasteiger partial charge is 0.382 e. The van der Waals surface area contributed by atoms with Crippen molar-refractivity contribution in [3.63, 3.8) is 0 Å². The predicted octanol–water partition coefficient (Wildman–Crippen LogP) is 2.99. The van der Waals surface area contributed by atoms with Crippen LogP contribution < -0.4 is 11.1 Å². The fourth-order valence-corrected chi connectivity index (χ4v) is 3.30. The van der Waals surface area contributed by atoms with Crippen molar-refractivity contribution < 1.29 is 13.6 Å². The molecule has 8 nitrogen and oxygen atoms in total. The number of fused-ring (bicyclic) bond motifs is 1. The fraction of sp³-hybridized carbons (Fsp3) is 0.150. The molecule has 150 valence electrons. The molecule has 4 rings (SSSR count). The molecular formula is C20H15F2N7O. The Labute approximate surface area is 169 Å². The highest BCUT2D eigenvalue weighted by molar-refractivity contribution is 6.03. The number of pyridine rings is 1. The van der Waals surface area contributed by atoms with Gasteiger partial charge in [-0.1, -0.05) is 6.57 Å². The van der Waals surface area contributed by atoms with E-state index in [1.165, 1.54) is 35.0 Å². The molecule has 1 aromatic carbocycles. The van der Waals surface area contributed by atoms with Crippen LogP contribution in [0.4, 0.5) is 20.3 Å². The van der Waals surface area contributed by atoms with E-state index in [4.69, 9.17) is 12.3 Å². The summed E-state index contributed by atoms with van der Waals surface area (Å²) in [6.45, 7) is 8.95. The van der Waals surface area contributed by atoms with Crippen molar-refractivity contribution in [2.24, 2.45) is 10.7 Å². The molecule has 0 saturated carbocycles. The van der Waals surface area contributed by atoms with Gasteiger partial charge >= 0.3 is 0 Å². The monoisotopic (exact) mass is 407 g/mol. The first kappa shape index (κ1) is 19.2. The number of amidine groups is 1. The van der Waals surface area contributed by atoms with Gasteiger partial charge in [-0.05, 0) is 48.4 Å². The maximum atomic E-state index is 14.7. The number of hydrogen-bond acceptors (Lipinski definition) is 5. The second kappa shape index (κ2) is 7.04. The summed E-state index contributed by atoms with van der Waals surface area (Å²) in [5, 5.41) is 6.77. The topological polar surface area (TPSA) is 103 Å². The molecule has 3 N–H and O–H groups in total. The number of nitrogens with two attached hydrogens (primary N) is 1. The van der Waals surface area contributed by atoms with Crippen LogP contribution in [0.3, 0.4) is 0 Å². The van der Waals surface area contributed by atoms with Gasteiger partial charge in [0.15, 0.2) is 0 Å². The normalized spacial score (nSPS) is 17.6. The highest BCUT2D eigenvalue weighted by Gasteiger charge is 2.37. The number of carbonyl (C=O) groups is 1. The Balaban J connectivity index is 1.66. The molecule has 0 spiro atoms. The van der Waals surface area contributed by atoms with Crippen LogP contribution in [0.2, 0.25) is 0 Å². The first-order chi connectivity index (χ1) is 14.3. The summed E-state index contributed by atoms with van der Waals surface area (Å²) in [6, 6.07) is 7.96. The van der Waals surface area contributed by atoms with Crippen LogP contribution in [0.25, 0.3) is 4.85 Å². The third-order valence-corrected chi connectivity index (χ3v) is 4.73. The number of benzene rings is 1. The Bertz CT molecular complexity index is 1230. The summed E-state index contributed by atoms with van der Waals surface area (Å²) in [4.78, 5) is 23.8. The molecule has 0 radical (unpaired) electrons. The molecule has 1 amide bonds. The average Bonchev–Trinajstić information content (AvgIpc) is 3.13. The van der Waals surface area contributed by atoms with E-state index in [-0.39, 0.29) is 29.5 Å². The number of aliphatic imine (C=N–C) groups is 1. The second-order valence-corrected chi connectivity index (χ2v) is 6.94. The van der Waals surface area contributed by atoms with E-state index < -0.39 is 23.1 Å². The lowest BCUT2D eigenvalue weighted by atomic mass is 9.90. The maximum Gasteiger partial charge on any atom is 0.296 e. The summed E-state index contributed by atoms with van der Waals surface area (Å²) in [5.74, 6) is -1.36. The molecule has 1 aliphatic rings. The van der Waals surface area contributed by atoms with Gasteiger partial charge in [-0.2, -0.15) is 4.68 Å². The molecule has 1 aliphatic heterocycles. The standard InChI is InChI=1S/C20H15F2N7O/c1-20(10-29-16(18(23)27-20)8-17(24-2)28-29)13-7-12(4-5-14(13)22)26-19(30)15-6-3-11(21)9-25-15/h3-9H,10H2,1H3,(H2,23,27)(H,26,30). The summed E-state index contributed by atoms with van der Waals surface area (Å²) < 4.78 is 29.2. The third kappa shape index (κ3) is 3.37. The summed E-state index contributed by atoms with van der Waals surface area (Å²) in [6.07, 6.45) is 0.935. The summed E-state index contributed by atoms with van der Waals surface area (Å²) in [5.41, 5.74) is 5.94. The molecule has 0 aliphatic carbocycles. The Hall–Kier alpha value is -4.13. The molecule has 0 saturated heterocycles. The van der Waals surface area contributed by atoms with Crippen molar-refractivity contribution >= 4 is 23.2 Å². The quantitative estimate of drug-likeness (QED) is 0.652. The Morgan fingerprint density at radius 2 is 2.10 bits per heavy atom. The minimum Gasteiger partial charge on any atom is -0.382 e. The maximum absolute atomic E-state index is 14.7. The number of aromatic nitrogens is 3. The smallest absolute Gasteiger partial charge is 0.296 e. The van der Waals surface area contributed by atoms with Gasteiger partial charge < -0.3 is 15.9 Å². The molecular weight excluding hydrogens is 392 g/mol. The van der Waals surface area contributed by atoms with Gasteiger partial charge in [-0.3, -0.25) is 9.79 Å². The van der Waals surface area contributed by atoms with E-state index in [1.807, 2.05) is 0 Å². The number of nitrogens with one attached hydrogen (secondary N) is 1. The lowest BCUT2D eigenvalue weighted by Crippen LogP contribution is -2.37. The predicted molar refractivity (Wildman–Crippen MR) is 105 cm³/mol. The SMILES string of the molecule is [C-]#[N+]c1cc2n(n1)CC(C)(c1cc(NC(=O)c3ccc(F)cn3)ccc1F)N=C2N. The van der Waals surface area contributed by atoms with Gasteiger partial charge in [0.05, 0.1) is 12.7 Å². The van der Waals surface area contributed by atoms with E-state index in [0.717, 1.165) is 12.3 Å². The van der Waals surface area contributed by atoms with Crippen LogP contribution in [0.1, 0.15) is 28.7 Å². The number of carbonyl (C=O) groups excluding carboxylic acids is 1. The minimum absolute atomic E-state index is 0.0151. The zero-order chi connectivity index (χ0) is 21.5. The van der Waals surface area contributed by atoms with Crippen LogP contribution in [0.5, 0.6) is 0 Å². The van der Waals surface area contributed by atoms with Gasteiger partial charge in [-0.15, -0.1) is 0 Å². The van der Waals surface area contributed by atoms with Gasteiger partial charge in [0.1, 0.15) is 34.4 Å². The number of anilines is 1. The van der Waals surface area contributed by atoms with Crippen LogP contribution in [0.15, 0.2) is 47.6 Å². The van der Waals surface area contributed by atoms with E-state index >= 15 is 0 Å². The highest BCUT2D eigenvalue weighted by atomic mass is 19.1.